The van der Waals surface area contributed by atoms with Crippen LogP contribution in [-0.4, -0.2) is 61.1 Å². The second-order valence-electron chi connectivity index (χ2n) is 5.88. The average molecular weight is 350 g/mol. The summed E-state index contributed by atoms with van der Waals surface area (Å²) in [6.07, 6.45) is 4.31. The van der Waals surface area contributed by atoms with Crippen LogP contribution in [0.3, 0.4) is 0 Å². The van der Waals surface area contributed by atoms with Crippen LogP contribution in [0.5, 0.6) is 0 Å². The average Bonchev–Trinajstić information content (AvgIpc) is 2.65. The van der Waals surface area contributed by atoms with Crippen molar-refractivity contribution >= 4 is 23.6 Å². The van der Waals surface area contributed by atoms with E-state index < -0.39 is 6.04 Å². The molecule has 0 spiro atoms. The Hall–Kier alpha value is -1.53. The molecule has 1 saturated heterocycles. The number of nitrogens with one attached hydrogen (secondary N) is 1. The molecule has 0 saturated carbocycles. The second-order valence-corrected chi connectivity index (χ2v) is 6.87. The molecular formula is C18H26N2O3S. The third kappa shape index (κ3) is 4.74. The highest BCUT2D eigenvalue weighted by atomic mass is 32.2. The number of ether oxygens (including phenoxy) is 1. The highest BCUT2D eigenvalue weighted by molar-refractivity contribution is 7.98. The molecule has 1 aliphatic heterocycles. The van der Waals surface area contributed by atoms with E-state index in [0.29, 0.717) is 12.0 Å². The summed E-state index contributed by atoms with van der Waals surface area (Å²) in [5.41, 5.74) is 0.620. The van der Waals surface area contributed by atoms with Gasteiger partial charge in [-0.2, -0.15) is 11.8 Å². The van der Waals surface area contributed by atoms with Gasteiger partial charge >= 0.3 is 5.97 Å². The highest BCUT2D eigenvalue weighted by Gasteiger charge is 2.36. The van der Waals surface area contributed by atoms with Gasteiger partial charge in [0, 0.05) is 11.6 Å². The molecule has 0 aromatic heterocycles. The Morgan fingerprint density at radius 3 is 2.54 bits per heavy atom. The normalized spacial score (nSPS) is 16.4. The second kappa shape index (κ2) is 9.69. The molecule has 1 aliphatic rings. The zero-order valence-electron chi connectivity index (χ0n) is 14.4. The molecule has 6 heteroatoms. The minimum Gasteiger partial charge on any atom is -0.467 e. The van der Waals surface area contributed by atoms with Crippen LogP contribution in [-0.2, 0) is 9.53 Å². The maximum absolute atomic E-state index is 13.2. The van der Waals surface area contributed by atoms with E-state index in [1.807, 2.05) is 24.5 Å². The van der Waals surface area contributed by atoms with Crippen molar-refractivity contribution in [1.29, 1.82) is 0 Å². The SMILES string of the molecule is COC(=O)[C@H](CCSC)N(C(=O)c1ccccc1)C1CCNCC1. The molecule has 1 fully saturated rings. The van der Waals surface area contributed by atoms with Crippen LogP contribution < -0.4 is 5.32 Å². The van der Waals surface area contributed by atoms with E-state index in [9.17, 15) is 9.59 Å². The van der Waals surface area contributed by atoms with Crippen molar-refractivity contribution in [3.05, 3.63) is 35.9 Å². The standard InChI is InChI=1S/C18H26N2O3S/c1-23-18(22)16(10-13-24-2)20(15-8-11-19-12-9-15)17(21)14-6-4-3-5-7-14/h3-7,15-16,19H,8-13H2,1-2H3/t16-/m0/s1. The third-order valence-electron chi connectivity index (χ3n) is 4.36. The number of methoxy groups -OCH3 is 1. The van der Waals surface area contributed by atoms with Crippen LogP contribution in [0.4, 0.5) is 0 Å². The van der Waals surface area contributed by atoms with Gasteiger partial charge in [-0.05, 0) is 56.5 Å². The first-order valence-electron chi connectivity index (χ1n) is 8.34. The number of benzene rings is 1. The number of esters is 1. The van der Waals surface area contributed by atoms with Crippen LogP contribution >= 0.6 is 11.8 Å². The summed E-state index contributed by atoms with van der Waals surface area (Å²) in [4.78, 5) is 27.3. The van der Waals surface area contributed by atoms with Gasteiger partial charge in [0.2, 0.25) is 0 Å². The van der Waals surface area contributed by atoms with E-state index in [2.05, 4.69) is 5.32 Å². The topological polar surface area (TPSA) is 58.6 Å². The van der Waals surface area contributed by atoms with E-state index >= 15 is 0 Å². The lowest BCUT2D eigenvalue weighted by Gasteiger charge is -2.39. The number of piperidine rings is 1. The highest BCUT2D eigenvalue weighted by Crippen LogP contribution is 2.22. The maximum Gasteiger partial charge on any atom is 0.328 e. The van der Waals surface area contributed by atoms with Crippen LogP contribution in [0.25, 0.3) is 0 Å². The summed E-state index contributed by atoms with van der Waals surface area (Å²) in [5.74, 6) is 0.398. The maximum atomic E-state index is 13.2. The van der Waals surface area contributed by atoms with Gasteiger partial charge in [0.1, 0.15) is 6.04 Å². The number of hydrogen-bond acceptors (Lipinski definition) is 5. The first-order valence-corrected chi connectivity index (χ1v) is 9.73. The van der Waals surface area contributed by atoms with Crippen molar-refractivity contribution in [3.63, 3.8) is 0 Å². The number of thioether (sulfide) groups is 1. The molecule has 1 atom stereocenters. The predicted molar refractivity (Wildman–Crippen MR) is 97.3 cm³/mol. The molecule has 132 valence electrons. The fourth-order valence-electron chi connectivity index (χ4n) is 3.11. The number of rotatable bonds is 7. The minimum atomic E-state index is -0.529. The van der Waals surface area contributed by atoms with Crippen LogP contribution in [0.15, 0.2) is 30.3 Å². The third-order valence-corrected chi connectivity index (χ3v) is 5.01. The first-order chi connectivity index (χ1) is 11.7. The largest absolute Gasteiger partial charge is 0.467 e. The fourth-order valence-corrected chi connectivity index (χ4v) is 3.57. The zero-order valence-corrected chi connectivity index (χ0v) is 15.2. The molecule has 2 rings (SSSR count). The lowest BCUT2D eigenvalue weighted by atomic mass is 9.99. The summed E-state index contributed by atoms with van der Waals surface area (Å²) in [6, 6.07) is 8.73. The Bertz CT molecular complexity index is 532. The van der Waals surface area contributed by atoms with Gasteiger partial charge in [-0.25, -0.2) is 4.79 Å². The lowest BCUT2D eigenvalue weighted by Crippen LogP contribution is -2.54. The van der Waals surface area contributed by atoms with Crippen molar-refractivity contribution in [2.45, 2.75) is 31.3 Å². The van der Waals surface area contributed by atoms with Gasteiger partial charge in [-0.15, -0.1) is 0 Å². The molecule has 1 aromatic rings. The van der Waals surface area contributed by atoms with Crippen molar-refractivity contribution < 1.29 is 14.3 Å². The Morgan fingerprint density at radius 2 is 1.96 bits per heavy atom. The van der Waals surface area contributed by atoms with E-state index in [4.69, 9.17) is 4.74 Å². The molecule has 0 unspecified atom stereocenters. The van der Waals surface area contributed by atoms with Gasteiger partial charge in [0.25, 0.3) is 5.91 Å². The van der Waals surface area contributed by atoms with Crippen LogP contribution in [0.2, 0.25) is 0 Å². The summed E-state index contributed by atoms with van der Waals surface area (Å²) >= 11 is 1.67. The molecule has 24 heavy (non-hydrogen) atoms. The Kier molecular flexibility index (Phi) is 7.59. The van der Waals surface area contributed by atoms with Crippen molar-refractivity contribution in [3.8, 4) is 0 Å². The Balaban J connectivity index is 2.32. The van der Waals surface area contributed by atoms with E-state index in [-0.39, 0.29) is 17.9 Å². The van der Waals surface area contributed by atoms with Gasteiger partial charge in [-0.3, -0.25) is 4.79 Å². The van der Waals surface area contributed by atoms with Crippen LogP contribution in [0, 0.1) is 0 Å². The molecule has 0 aliphatic carbocycles. The molecule has 0 bridgehead atoms. The quantitative estimate of drug-likeness (QED) is 0.764. The number of carbonyl (C=O) groups is 2. The zero-order chi connectivity index (χ0) is 17.4. The predicted octanol–water partition coefficient (Wildman–Crippen LogP) is 2.18. The van der Waals surface area contributed by atoms with Gasteiger partial charge < -0.3 is 15.0 Å². The smallest absolute Gasteiger partial charge is 0.328 e. The summed E-state index contributed by atoms with van der Waals surface area (Å²) in [6.45, 7) is 1.72. The van der Waals surface area contributed by atoms with E-state index in [1.54, 1.807) is 28.8 Å². The Labute approximate surface area is 148 Å². The number of amides is 1. The minimum absolute atomic E-state index is 0.0601. The monoisotopic (exact) mass is 350 g/mol. The molecule has 1 N–H and O–H groups in total. The molecule has 0 radical (unpaired) electrons. The van der Waals surface area contributed by atoms with E-state index in [1.165, 1.54) is 7.11 Å². The Morgan fingerprint density at radius 1 is 1.29 bits per heavy atom. The van der Waals surface area contributed by atoms with Gasteiger partial charge in [-0.1, -0.05) is 18.2 Å². The molecular weight excluding hydrogens is 324 g/mol. The number of carbonyl (C=O) groups excluding carboxylic acids is 2. The first kappa shape index (κ1) is 18.8. The van der Waals surface area contributed by atoms with Crippen molar-refractivity contribution in [2.24, 2.45) is 0 Å². The summed E-state index contributed by atoms with van der Waals surface area (Å²) < 4.78 is 5.01. The molecule has 1 aromatic carbocycles. The summed E-state index contributed by atoms with van der Waals surface area (Å²) in [5, 5.41) is 3.32. The summed E-state index contributed by atoms with van der Waals surface area (Å²) in [7, 11) is 1.39. The van der Waals surface area contributed by atoms with Gasteiger partial charge in [0.15, 0.2) is 0 Å². The number of nitrogens with zero attached hydrogens (tertiary/aromatic N) is 1. The van der Waals surface area contributed by atoms with Crippen molar-refractivity contribution in [2.75, 3.05) is 32.2 Å². The fraction of sp³-hybridized carbons (Fsp3) is 0.556. The number of hydrogen-bond donors (Lipinski definition) is 1. The van der Waals surface area contributed by atoms with Crippen LogP contribution in [0.1, 0.15) is 29.6 Å². The lowest BCUT2D eigenvalue weighted by molar-refractivity contribution is -0.147. The van der Waals surface area contributed by atoms with Gasteiger partial charge in [0.05, 0.1) is 7.11 Å². The molecule has 1 heterocycles. The molecule has 1 amide bonds. The molecule has 5 nitrogen and oxygen atoms in total. The van der Waals surface area contributed by atoms with Crippen molar-refractivity contribution in [1.82, 2.24) is 10.2 Å². The van der Waals surface area contributed by atoms with E-state index in [0.717, 1.165) is 31.7 Å².